The lowest BCUT2D eigenvalue weighted by Crippen LogP contribution is -2.29. The van der Waals surface area contributed by atoms with Gasteiger partial charge in [0.05, 0.1) is 0 Å². The third-order valence-electron chi connectivity index (χ3n) is 3.29. The monoisotopic (exact) mass is 193 g/mol. The van der Waals surface area contributed by atoms with Crippen LogP contribution in [0.2, 0.25) is 0 Å². The van der Waals surface area contributed by atoms with E-state index < -0.39 is 0 Å². The fourth-order valence-electron chi connectivity index (χ4n) is 1.87. The highest BCUT2D eigenvalue weighted by Gasteiger charge is 2.41. The quantitative estimate of drug-likeness (QED) is 0.777. The largest absolute Gasteiger partial charge is 0.314 e. The second-order valence-electron chi connectivity index (χ2n) is 4.23. The van der Waals surface area contributed by atoms with E-state index in [0.29, 0.717) is 0 Å². The Balaban J connectivity index is 2.21. The molecule has 1 aliphatic carbocycles. The number of likely N-dealkylation sites (N-methyl/N-ethyl adjacent to an activating group) is 1. The zero-order chi connectivity index (χ0) is 10.2. The van der Waals surface area contributed by atoms with Gasteiger partial charge in [0, 0.05) is 5.54 Å². The molecular formula is C12H16FN. The molecule has 1 aliphatic rings. The number of nitrogens with one attached hydrogen (secondary N) is 1. The lowest BCUT2D eigenvalue weighted by Gasteiger charge is -2.15. The Morgan fingerprint density at radius 2 is 2.14 bits per heavy atom. The van der Waals surface area contributed by atoms with Gasteiger partial charge in [0.15, 0.2) is 0 Å². The summed E-state index contributed by atoms with van der Waals surface area (Å²) < 4.78 is 13.3. The molecule has 2 rings (SSSR count). The lowest BCUT2D eigenvalue weighted by atomic mass is 9.99. The topological polar surface area (TPSA) is 12.0 Å². The van der Waals surface area contributed by atoms with Gasteiger partial charge in [0.2, 0.25) is 0 Å². The summed E-state index contributed by atoms with van der Waals surface area (Å²) in [4.78, 5) is 0. The molecule has 0 radical (unpaired) electrons. The van der Waals surface area contributed by atoms with Crippen molar-refractivity contribution in [3.8, 4) is 0 Å². The summed E-state index contributed by atoms with van der Waals surface area (Å²) in [6.07, 6.45) is 3.37. The van der Waals surface area contributed by atoms with E-state index >= 15 is 0 Å². The SMILES string of the molecule is CNC1(Cc2cccc(F)c2C)CC1. The van der Waals surface area contributed by atoms with Crippen molar-refractivity contribution in [1.82, 2.24) is 5.32 Å². The standard InChI is InChI=1S/C12H16FN/c1-9-10(4-3-5-11(9)13)8-12(14-2)6-7-12/h3-5,14H,6-8H2,1-2H3. The van der Waals surface area contributed by atoms with Gasteiger partial charge in [-0.2, -0.15) is 0 Å². The Labute approximate surface area is 84.3 Å². The highest BCUT2D eigenvalue weighted by Crippen LogP contribution is 2.38. The number of halogens is 1. The molecule has 0 bridgehead atoms. The van der Waals surface area contributed by atoms with E-state index in [4.69, 9.17) is 0 Å². The van der Waals surface area contributed by atoms with Crippen LogP contribution in [0.3, 0.4) is 0 Å². The zero-order valence-electron chi connectivity index (χ0n) is 8.73. The minimum Gasteiger partial charge on any atom is -0.314 e. The first kappa shape index (κ1) is 9.66. The number of hydrogen-bond donors (Lipinski definition) is 1. The second-order valence-corrected chi connectivity index (χ2v) is 4.23. The predicted octanol–water partition coefficient (Wildman–Crippen LogP) is 2.43. The van der Waals surface area contributed by atoms with E-state index in [1.807, 2.05) is 20.0 Å². The normalized spacial score (nSPS) is 18.2. The van der Waals surface area contributed by atoms with Crippen molar-refractivity contribution in [2.45, 2.75) is 31.7 Å². The molecule has 0 atom stereocenters. The van der Waals surface area contributed by atoms with Gasteiger partial charge < -0.3 is 5.32 Å². The summed E-state index contributed by atoms with van der Waals surface area (Å²) in [6, 6.07) is 5.34. The Bertz CT molecular complexity index is 342. The molecule has 14 heavy (non-hydrogen) atoms. The Kier molecular flexibility index (Phi) is 2.31. The van der Waals surface area contributed by atoms with E-state index in [-0.39, 0.29) is 11.4 Å². The molecule has 0 heterocycles. The highest BCUT2D eigenvalue weighted by atomic mass is 19.1. The maximum atomic E-state index is 13.3. The minimum absolute atomic E-state index is 0.0885. The van der Waals surface area contributed by atoms with Crippen LogP contribution in [0, 0.1) is 12.7 Å². The van der Waals surface area contributed by atoms with Gasteiger partial charge in [-0.25, -0.2) is 4.39 Å². The third-order valence-corrected chi connectivity index (χ3v) is 3.29. The van der Waals surface area contributed by atoms with E-state index in [9.17, 15) is 4.39 Å². The molecule has 0 saturated heterocycles. The van der Waals surface area contributed by atoms with Crippen LogP contribution in [0.15, 0.2) is 18.2 Å². The van der Waals surface area contributed by atoms with Crippen molar-refractivity contribution < 1.29 is 4.39 Å². The first-order valence-corrected chi connectivity index (χ1v) is 5.10. The summed E-state index contributed by atoms with van der Waals surface area (Å²) in [7, 11) is 1.99. The molecular weight excluding hydrogens is 177 g/mol. The fraction of sp³-hybridized carbons (Fsp3) is 0.500. The van der Waals surface area contributed by atoms with Crippen LogP contribution in [0.5, 0.6) is 0 Å². The first-order valence-electron chi connectivity index (χ1n) is 5.10. The van der Waals surface area contributed by atoms with Crippen molar-refractivity contribution >= 4 is 0 Å². The minimum atomic E-state index is -0.0885. The molecule has 1 N–H and O–H groups in total. The van der Waals surface area contributed by atoms with Crippen molar-refractivity contribution in [2.75, 3.05) is 7.05 Å². The lowest BCUT2D eigenvalue weighted by molar-refractivity contribution is 0.542. The summed E-state index contributed by atoms with van der Waals surface area (Å²) in [6.45, 7) is 1.86. The molecule has 1 saturated carbocycles. The first-order chi connectivity index (χ1) is 6.67. The van der Waals surface area contributed by atoms with Crippen LogP contribution in [0.4, 0.5) is 4.39 Å². The van der Waals surface area contributed by atoms with Gasteiger partial charge in [0.1, 0.15) is 5.82 Å². The van der Waals surface area contributed by atoms with Crippen LogP contribution in [0.25, 0.3) is 0 Å². The van der Waals surface area contributed by atoms with Crippen LogP contribution >= 0.6 is 0 Å². The fourth-order valence-corrected chi connectivity index (χ4v) is 1.87. The molecule has 2 heteroatoms. The number of benzene rings is 1. The molecule has 0 spiro atoms. The molecule has 0 aromatic heterocycles. The molecule has 0 unspecified atom stereocenters. The Morgan fingerprint density at radius 1 is 1.43 bits per heavy atom. The van der Waals surface area contributed by atoms with Crippen LogP contribution in [0.1, 0.15) is 24.0 Å². The summed E-state index contributed by atoms with van der Waals surface area (Å²) in [5, 5.41) is 3.33. The van der Waals surface area contributed by atoms with Gasteiger partial charge in [-0.05, 0) is 50.4 Å². The van der Waals surface area contributed by atoms with E-state index in [2.05, 4.69) is 5.32 Å². The maximum absolute atomic E-state index is 13.3. The second kappa shape index (κ2) is 3.35. The Hall–Kier alpha value is -0.890. The Morgan fingerprint density at radius 3 is 2.71 bits per heavy atom. The van der Waals surface area contributed by atoms with Gasteiger partial charge >= 0.3 is 0 Å². The van der Waals surface area contributed by atoms with Crippen molar-refractivity contribution in [3.63, 3.8) is 0 Å². The van der Waals surface area contributed by atoms with Crippen LogP contribution in [-0.2, 0) is 6.42 Å². The van der Waals surface area contributed by atoms with Crippen molar-refractivity contribution in [2.24, 2.45) is 0 Å². The molecule has 1 nitrogen and oxygen atoms in total. The third kappa shape index (κ3) is 1.67. The number of hydrogen-bond acceptors (Lipinski definition) is 1. The maximum Gasteiger partial charge on any atom is 0.126 e. The van der Waals surface area contributed by atoms with Crippen molar-refractivity contribution in [1.29, 1.82) is 0 Å². The highest BCUT2D eigenvalue weighted by molar-refractivity contribution is 5.30. The van der Waals surface area contributed by atoms with Gasteiger partial charge in [-0.3, -0.25) is 0 Å². The summed E-state index contributed by atoms with van der Waals surface area (Å²) in [5.74, 6) is -0.0885. The van der Waals surface area contributed by atoms with E-state index in [0.717, 1.165) is 17.5 Å². The molecule has 0 amide bonds. The van der Waals surface area contributed by atoms with Crippen LogP contribution in [-0.4, -0.2) is 12.6 Å². The van der Waals surface area contributed by atoms with Crippen LogP contribution < -0.4 is 5.32 Å². The average Bonchev–Trinajstić information content (AvgIpc) is 2.94. The van der Waals surface area contributed by atoms with Gasteiger partial charge in [-0.15, -0.1) is 0 Å². The number of rotatable bonds is 3. The summed E-state index contributed by atoms with van der Waals surface area (Å²) >= 11 is 0. The molecule has 1 aromatic rings. The molecule has 1 fully saturated rings. The van der Waals surface area contributed by atoms with E-state index in [1.165, 1.54) is 18.9 Å². The van der Waals surface area contributed by atoms with Gasteiger partial charge in [0.25, 0.3) is 0 Å². The zero-order valence-corrected chi connectivity index (χ0v) is 8.73. The van der Waals surface area contributed by atoms with E-state index in [1.54, 1.807) is 6.07 Å². The predicted molar refractivity (Wildman–Crippen MR) is 55.9 cm³/mol. The summed E-state index contributed by atoms with van der Waals surface area (Å²) in [5.41, 5.74) is 2.20. The smallest absolute Gasteiger partial charge is 0.126 e. The molecule has 1 aromatic carbocycles. The molecule has 76 valence electrons. The molecule has 0 aliphatic heterocycles. The van der Waals surface area contributed by atoms with Crippen molar-refractivity contribution in [3.05, 3.63) is 35.1 Å². The van der Waals surface area contributed by atoms with Gasteiger partial charge in [-0.1, -0.05) is 12.1 Å². The average molecular weight is 193 g/mol.